The first-order chi connectivity index (χ1) is 5.72. The van der Waals surface area contributed by atoms with Crippen molar-refractivity contribution in [3.05, 3.63) is 0 Å². The zero-order valence-corrected chi connectivity index (χ0v) is 7.97. The van der Waals surface area contributed by atoms with Crippen LogP contribution in [-0.2, 0) is 4.79 Å². The Hall–Kier alpha value is -0.570. The van der Waals surface area contributed by atoms with Gasteiger partial charge in [0, 0.05) is 6.54 Å². The Morgan fingerprint density at radius 2 is 2.17 bits per heavy atom. The summed E-state index contributed by atoms with van der Waals surface area (Å²) in [5.41, 5.74) is 0. The maximum atomic E-state index is 10.3. The van der Waals surface area contributed by atoms with Gasteiger partial charge in [-0.3, -0.25) is 4.79 Å². The molecule has 1 heterocycles. The summed E-state index contributed by atoms with van der Waals surface area (Å²) in [6.45, 7) is 5.87. The lowest BCUT2D eigenvalue weighted by atomic mass is 10.0. The number of nitrogens with one attached hydrogen (secondary N) is 1. The summed E-state index contributed by atoms with van der Waals surface area (Å²) in [6, 6.07) is 0. The number of piperidine rings is 1. The molecule has 1 atom stereocenters. The second kappa shape index (κ2) is 7.10. The van der Waals surface area contributed by atoms with Crippen LogP contribution < -0.4 is 5.32 Å². The average molecular weight is 173 g/mol. The third-order valence-electron chi connectivity index (χ3n) is 1.65. The van der Waals surface area contributed by atoms with Crippen LogP contribution in [0.1, 0.15) is 33.1 Å². The van der Waals surface area contributed by atoms with Gasteiger partial charge >= 0.3 is 5.97 Å². The smallest absolute Gasteiger partial charge is 0.307 e. The zero-order chi connectivity index (χ0) is 9.40. The average Bonchev–Trinajstić information content (AvgIpc) is 2.07. The number of carbonyl (C=O) groups is 1. The van der Waals surface area contributed by atoms with Crippen LogP contribution in [0.5, 0.6) is 0 Å². The van der Waals surface area contributed by atoms with Crippen molar-refractivity contribution in [2.24, 2.45) is 5.92 Å². The van der Waals surface area contributed by atoms with E-state index in [1.165, 1.54) is 6.42 Å². The molecule has 0 radical (unpaired) electrons. The number of hydrogen-bond acceptors (Lipinski definition) is 2. The molecule has 0 aromatic rings. The minimum absolute atomic E-state index is 0.140. The van der Waals surface area contributed by atoms with E-state index in [4.69, 9.17) is 5.11 Å². The number of hydrogen-bond donors (Lipinski definition) is 2. The predicted octanol–water partition coefficient (Wildman–Crippen LogP) is 1.49. The van der Waals surface area contributed by atoms with Crippen LogP contribution in [0.15, 0.2) is 0 Å². The Bertz CT molecular complexity index is 120. The summed E-state index contributed by atoms with van der Waals surface area (Å²) in [5, 5.41) is 11.5. The largest absolute Gasteiger partial charge is 0.481 e. The van der Waals surface area contributed by atoms with Crippen molar-refractivity contribution in [3.63, 3.8) is 0 Å². The van der Waals surface area contributed by atoms with Crippen molar-refractivity contribution < 1.29 is 9.90 Å². The minimum atomic E-state index is -0.665. The third kappa shape index (κ3) is 5.13. The molecule has 1 aliphatic heterocycles. The first kappa shape index (κ1) is 11.4. The number of aliphatic carboxylic acids is 1. The summed E-state index contributed by atoms with van der Waals surface area (Å²) in [5.74, 6) is -0.805. The predicted molar refractivity (Wildman–Crippen MR) is 49.2 cm³/mol. The van der Waals surface area contributed by atoms with Gasteiger partial charge in [-0.1, -0.05) is 20.3 Å². The monoisotopic (exact) mass is 173 g/mol. The molecular formula is C9H19NO2. The van der Waals surface area contributed by atoms with Crippen LogP contribution in [0.3, 0.4) is 0 Å². The van der Waals surface area contributed by atoms with Gasteiger partial charge in [-0.15, -0.1) is 0 Å². The van der Waals surface area contributed by atoms with Crippen molar-refractivity contribution >= 4 is 5.97 Å². The fourth-order valence-electron chi connectivity index (χ4n) is 1.06. The number of carboxylic acid groups (broad SMARTS) is 1. The first-order valence-corrected chi connectivity index (χ1v) is 4.65. The second-order valence-electron chi connectivity index (χ2n) is 3.09. The third-order valence-corrected chi connectivity index (χ3v) is 1.65. The molecule has 0 bridgehead atoms. The van der Waals surface area contributed by atoms with E-state index in [1.807, 2.05) is 0 Å². The molecule has 1 rings (SSSR count). The summed E-state index contributed by atoms with van der Waals surface area (Å²) in [7, 11) is 0. The highest BCUT2D eigenvalue weighted by Crippen LogP contribution is 2.08. The Labute approximate surface area is 74.2 Å². The van der Waals surface area contributed by atoms with Crippen molar-refractivity contribution in [1.82, 2.24) is 5.32 Å². The van der Waals surface area contributed by atoms with E-state index in [1.54, 1.807) is 0 Å². The second-order valence-corrected chi connectivity index (χ2v) is 3.09. The molecule has 3 heteroatoms. The summed E-state index contributed by atoms with van der Waals surface area (Å²) >= 11 is 0. The molecule has 1 saturated heterocycles. The van der Waals surface area contributed by atoms with E-state index in [2.05, 4.69) is 19.2 Å². The molecule has 1 unspecified atom stereocenters. The van der Waals surface area contributed by atoms with Crippen LogP contribution in [0.2, 0.25) is 0 Å². The van der Waals surface area contributed by atoms with E-state index < -0.39 is 5.97 Å². The van der Waals surface area contributed by atoms with Crippen LogP contribution >= 0.6 is 0 Å². The molecule has 0 aromatic carbocycles. The minimum Gasteiger partial charge on any atom is -0.481 e. The fourth-order valence-corrected chi connectivity index (χ4v) is 1.06. The Kier molecular flexibility index (Phi) is 6.76. The van der Waals surface area contributed by atoms with Crippen LogP contribution in [0.25, 0.3) is 0 Å². The molecule has 0 amide bonds. The highest BCUT2D eigenvalue weighted by Gasteiger charge is 2.18. The molecule has 72 valence electrons. The maximum absolute atomic E-state index is 10.3. The molecule has 2 N–H and O–H groups in total. The normalized spacial score (nSPS) is 22.3. The lowest BCUT2D eigenvalue weighted by Gasteiger charge is -2.18. The Balaban J connectivity index is 0.000000354. The van der Waals surface area contributed by atoms with Gasteiger partial charge in [0.25, 0.3) is 0 Å². The Morgan fingerprint density at radius 3 is 2.42 bits per heavy atom. The van der Waals surface area contributed by atoms with E-state index in [9.17, 15) is 4.79 Å². The van der Waals surface area contributed by atoms with Gasteiger partial charge in [0.05, 0.1) is 5.92 Å². The molecule has 1 aliphatic rings. The van der Waals surface area contributed by atoms with Gasteiger partial charge in [-0.05, 0) is 19.4 Å². The van der Waals surface area contributed by atoms with E-state index in [0.717, 1.165) is 19.4 Å². The van der Waals surface area contributed by atoms with E-state index in [-0.39, 0.29) is 5.92 Å². The van der Waals surface area contributed by atoms with Gasteiger partial charge in [-0.2, -0.15) is 0 Å². The molecular weight excluding hydrogens is 154 g/mol. The quantitative estimate of drug-likeness (QED) is 0.631. The van der Waals surface area contributed by atoms with Gasteiger partial charge in [0.15, 0.2) is 0 Å². The summed E-state index contributed by atoms with van der Waals surface area (Å²) in [4.78, 5) is 10.3. The number of carboxylic acids is 1. The van der Waals surface area contributed by atoms with Gasteiger partial charge < -0.3 is 10.4 Å². The number of rotatable bonds is 1. The first-order valence-electron chi connectivity index (χ1n) is 4.65. The highest BCUT2D eigenvalue weighted by atomic mass is 16.4. The lowest BCUT2D eigenvalue weighted by molar-refractivity contribution is -0.142. The molecule has 0 aliphatic carbocycles. The highest BCUT2D eigenvalue weighted by molar-refractivity contribution is 5.70. The molecule has 1 fully saturated rings. The summed E-state index contributed by atoms with van der Waals surface area (Å²) < 4.78 is 0. The van der Waals surface area contributed by atoms with Gasteiger partial charge in [-0.25, -0.2) is 0 Å². The van der Waals surface area contributed by atoms with Crippen molar-refractivity contribution in [1.29, 1.82) is 0 Å². The van der Waals surface area contributed by atoms with Crippen LogP contribution in [-0.4, -0.2) is 24.2 Å². The van der Waals surface area contributed by atoms with Crippen LogP contribution in [0.4, 0.5) is 0 Å². The fraction of sp³-hybridized carbons (Fsp3) is 0.889. The zero-order valence-electron chi connectivity index (χ0n) is 7.97. The van der Waals surface area contributed by atoms with Crippen molar-refractivity contribution in [3.8, 4) is 0 Å². The SMILES string of the molecule is CCC.O=C(O)C1CCCNC1. The van der Waals surface area contributed by atoms with E-state index in [0.29, 0.717) is 6.54 Å². The van der Waals surface area contributed by atoms with Crippen LogP contribution in [0, 0.1) is 5.92 Å². The van der Waals surface area contributed by atoms with Crippen molar-refractivity contribution in [2.75, 3.05) is 13.1 Å². The Morgan fingerprint density at radius 1 is 1.58 bits per heavy atom. The molecule has 0 aromatic heterocycles. The van der Waals surface area contributed by atoms with Gasteiger partial charge in [0.1, 0.15) is 0 Å². The molecule has 12 heavy (non-hydrogen) atoms. The standard InChI is InChI=1S/C6H11NO2.C3H8/c8-6(9)5-2-1-3-7-4-5;1-3-2/h5,7H,1-4H2,(H,8,9);3H2,1-2H3. The topological polar surface area (TPSA) is 49.3 Å². The molecule has 0 saturated carbocycles. The molecule has 0 spiro atoms. The van der Waals surface area contributed by atoms with Crippen molar-refractivity contribution in [2.45, 2.75) is 33.1 Å². The summed E-state index contributed by atoms with van der Waals surface area (Å²) in [6.07, 6.45) is 3.08. The lowest BCUT2D eigenvalue weighted by Crippen LogP contribution is -2.34. The molecule has 3 nitrogen and oxygen atoms in total. The maximum Gasteiger partial charge on any atom is 0.307 e. The van der Waals surface area contributed by atoms with E-state index >= 15 is 0 Å². The van der Waals surface area contributed by atoms with Gasteiger partial charge in [0.2, 0.25) is 0 Å².